The fourth-order valence-electron chi connectivity index (χ4n) is 1.51. The zero-order valence-electron chi connectivity index (χ0n) is 10.4. The van der Waals surface area contributed by atoms with E-state index < -0.39 is 5.97 Å². The molecule has 1 aromatic carbocycles. The molecule has 0 radical (unpaired) electrons. The summed E-state index contributed by atoms with van der Waals surface area (Å²) in [4.78, 5) is 24.7. The summed E-state index contributed by atoms with van der Waals surface area (Å²) >= 11 is 0. The maximum Gasteiger partial charge on any atom is 0.325 e. The van der Waals surface area contributed by atoms with Crippen LogP contribution in [0.1, 0.15) is 22.8 Å². The van der Waals surface area contributed by atoms with Gasteiger partial charge in [-0.15, -0.1) is 0 Å². The highest BCUT2D eigenvalue weighted by Crippen LogP contribution is 2.07. The summed E-state index contributed by atoms with van der Waals surface area (Å²) in [5.41, 5.74) is 1.61. The Labute approximate surface area is 101 Å². The first kappa shape index (κ1) is 13.2. The molecule has 92 valence electrons. The molecule has 0 saturated carbocycles. The van der Waals surface area contributed by atoms with Crippen LogP contribution in [0.2, 0.25) is 0 Å². The molecule has 17 heavy (non-hydrogen) atoms. The Morgan fingerprint density at radius 2 is 2.06 bits per heavy atom. The zero-order chi connectivity index (χ0) is 12.8. The van der Waals surface area contributed by atoms with Crippen molar-refractivity contribution in [3.8, 4) is 0 Å². The summed E-state index contributed by atoms with van der Waals surface area (Å²) in [6, 6.07) is 7.31. The Balaban J connectivity index is 2.82. The van der Waals surface area contributed by atoms with E-state index in [1.54, 1.807) is 6.07 Å². The highest BCUT2D eigenvalue weighted by Gasteiger charge is 2.17. The molecule has 0 bridgehead atoms. The van der Waals surface area contributed by atoms with Crippen molar-refractivity contribution in [3.63, 3.8) is 0 Å². The Morgan fingerprint density at radius 1 is 1.35 bits per heavy atom. The Hall–Kier alpha value is -1.84. The lowest BCUT2D eigenvalue weighted by atomic mass is 10.1. The smallest absolute Gasteiger partial charge is 0.325 e. The fourth-order valence-corrected chi connectivity index (χ4v) is 1.51. The van der Waals surface area contributed by atoms with Crippen molar-refractivity contribution in [2.45, 2.75) is 13.8 Å². The first-order valence-electron chi connectivity index (χ1n) is 5.51. The monoisotopic (exact) mass is 235 g/mol. The summed E-state index contributed by atoms with van der Waals surface area (Å²) in [6.45, 7) is 4.21. The second kappa shape index (κ2) is 6.03. The molecule has 1 amide bonds. The summed E-state index contributed by atoms with van der Waals surface area (Å²) in [5, 5.41) is 0. The van der Waals surface area contributed by atoms with Gasteiger partial charge in [-0.2, -0.15) is 0 Å². The summed E-state index contributed by atoms with van der Waals surface area (Å²) in [5.74, 6) is -0.561. The van der Waals surface area contributed by atoms with Crippen LogP contribution in [0.15, 0.2) is 24.3 Å². The molecule has 0 aromatic heterocycles. The number of hydrogen-bond acceptors (Lipinski definition) is 3. The zero-order valence-corrected chi connectivity index (χ0v) is 10.4. The Bertz CT molecular complexity index is 415. The number of benzene rings is 1. The van der Waals surface area contributed by atoms with Crippen molar-refractivity contribution in [3.05, 3.63) is 35.4 Å². The molecule has 0 unspecified atom stereocenters. The highest BCUT2D eigenvalue weighted by molar-refractivity contribution is 5.96. The first-order valence-corrected chi connectivity index (χ1v) is 5.51. The predicted octanol–water partition coefficient (Wildman–Crippen LogP) is 1.63. The average Bonchev–Trinajstić information content (AvgIpc) is 2.34. The average molecular weight is 235 g/mol. The van der Waals surface area contributed by atoms with Crippen LogP contribution in [-0.2, 0) is 9.53 Å². The van der Waals surface area contributed by atoms with Gasteiger partial charge in [-0.25, -0.2) is 0 Å². The molecule has 0 heterocycles. The maximum absolute atomic E-state index is 12.1. The van der Waals surface area contributed by atoms with Gasteiger partial charge in [-0.05, 0) is 26.0 Å². The van der Waals surface area contributed by atoms with Gasteiger partial charge in [0.2, 0.25) is 0 Å². The normalized spacial score (nSPS) is 9.82. The molecule has 0 aliphatic rings. The minimum atomic E-state index is -0.409. The number of hydrogen-bond donors (Lipinski definition) is 0. The molecule has 0 N–H and O–H groups in total. The SMILES string of the molecule is CCN(CC(=O)OC)C(=O)c1cccc(C)c1. The van der Waals surface area contributed by atoms with Gasteiger partial charge < -0.3 is 9.64 Å². The van der Waals surface area contributed by atoms with Crippen LogP contribution < -0.4 is 0 Å². The van der Waals surface area contributed by atoms with Gasteiger partial charge >= 0.3 is 5.97 Å². The molecule has 0 aliphatic heterocycles. The van der Waals surface area contributed by atoms with Gasteiger partial charge in [0.15, 0.2) is 0 Å². The summed E-state index contributed by atoms with van der Waals surface area (Å²) in [6.07, 6.45) is 0. The van der Waals surface area contributed by atoms with Crippen molar-refractivity contribution in [1.82, 2.24) is 4.90 Å². The van der Waals surface area contributed by atoms with Crippen LogP contribution in [-0.4, -0.2) is 37.0 Å². The van der Waals surface area contributed by atoms with E-state index in [4.69, 9.17) is 0 Å². The van der Waals surface area contributed by atoms with E-state index in [9.17, 15) is 9.59 Å². The maximum atomic E-state index is 12.1. The van der Waals surface area contributed by atoms with Crippen molar-refractivity contribution in [2.24, 2.45) is 0 Å². The number of carbonyl (C=O) groups is 2. The quantitative estimate of drug-likeness (QED) is 0.745. The fraction of sp³-hybridized carbons (Fsp3) is 0.385. The number of rotatable bonds is 4. The van der Waals surface area contributed by atoms with Gasteiger partial charge in [-0.1, -0.05) is 17.7 Å². The lowest BCUT2D eigenvalue weighted by Gasteiger charge is -2.19. The van der Waals surface area contributed by atoms with Crippen molar-refractivity contribution in [2.75, 3.05) is 20.2 Å². The Kier molecular flexibility index (Phi) is 4.69. The molecule has 0 aliphatic carbocycles. The summed E-state index contributed by atoms with van der Waals surface area (Å²) in [7, 11) is 1.31. The number of likely N-dealkylation sites (N-methyl/N-ethyl adjacent to an activating group) is 1. The third-order valence-electron chi connectivity index (χ3n) is 2.48. The molecule has 4 nitrogen and oxygen atoms in total. The third kappa shape index (κ3) is 3.59. The molecule has 1 rings (SSSR count). The number of carbonyl (C=O) groups excluding carboxylic acids is 2. The molecule has 0 fully saturated rings. The van der Waals surface area contributed by atoms with Crippen LogP contribution in [0, 0.1) is 6.92 Å². The highest BCUT2D eigenvalue weighted by atomic mass is 16.5. The molecular formula is C13H17NO3. The minimum absolute atomic E-state index is 0.0141. The van der Waals surface area contributed by atoms with E-state index in [-0.39, 0.29) is 12.5 Å². The lowest BCUT2D eigenvalue weighted by Crippen LogP contribution is -2.36. The van der Waals surface area contributed by atoms with E-state index in [2.05, 4.69) is 4.74 Å². The topological polar surface area (TPSA) is 46.6 Å². The number of methoxy groups -OCH3 is 1. The van der Waals surface area contributed by atoms with Gasteiger partial charge in [0.1, 0.15) is 6.54 Å². The largest absolute Gasteiger partial charge is 0.468 e. The van der Waals surface area contributed by atoms with E-state index in [0.717, 1.165) is 5.56 Å². The van der Waals surface area contributed by atoms with Gasteiger partial charge in [0.25, 0.3) is 5.91 Å². The van der Waals surface area contributed by atoms with Crippen LogP contribution in [0.5, 0.6) is 0 Å². The van der Waals surface area contributed by atoms with E-state index in [0.29, 0.717) is 12.1 Å². The standard InChI is InChI=1S/C13H17NO3/c1-4-14(9-12(15)17-3)13(16)11-7-5-6-10(2)8-11/h5-8H,4,9H2,1-3H3. The molecule has 4 heteroatoms. The first-order chi connectivity index (χ1) is 8.08. The number of nitrogens with zero attached hydrogens (tertiary/aromatic N) is 1. The number of aryl methyl sites for hydroxylation is 1. The van der Waals surface area contributed by atoms with E-state index >= 15 is 0 Å². The van der Waals surface area contributed by atoms with Crippen molar-refractivity contribution < 1.29 is 14.3 Å². The summed E-state index contributed by atoms with van der Waals surface area (Å²) < 4.78 is 4.56. The van der Waals surface area contributed by atoms with Crippen molar-refractivity contribution >= 4 is 11.9 Å². The van der Waals surface area contributed by atoms with Crippen LogP contribution in [0.25, 0.3) is 0 Å². The number of esters is 1. The minimum Gasteiger partial charge on any atom is -0.468 e. The lowest BCUT2D eigenvalue weighted by molar-refractivity contribution is -0.141. The molecular weight excluding hydrogens is 218 g/mol. The molecule has 0 atom stereocenters. The Morgan fingerprint density at radius 3 is 2.59 bits per heavy atom. The second-order valence-electron chi connectivity index (χ2n) is 3.76. The third-order valence-corrected chi connectivity index (χ3v) is 2.48. The molecule has 0 spiro atoms. The van der Waals surface area contributed by atoms with Crippen LogP contribution >= 0.6 is 0 Å². The van der Waals surface area contributed by atoms with Gasteiger partial charge in [0, 0.05) is 12.1 Å². The molecule has 1 aromatic rings. The van der Waals surface area contributed by atoms with Crippen molar-refractivity contribution in [1.29, 1.82) is 0 Å². The second-order valence-corrected chi connectivity index (χ2v) is 3.76. The number of amides is 1. The van der Waals surface area contributed by atoms with Crippen LogP contribution in [0.3, 0.4) is 0 Å². The van der Waals surface area contributed by atoms with Crippen LogP contribution in [0.4, 0.5) is 0 Å². The van der Waals surface area contributed by atoms with Gasteiger partial charge in [0.05, 0.1) is 7.11 Å². The predicted molar refractivity (Wildman–Crippen MR) is 64.8 cm³/mol. The molecule has 0 saturated heterocycles. The van der Waals surface area contributed by atoms with E-state index in [1.165, 1.54) is 12.0 Å². The number of ether oxygens (including phenoxy) is 1. The van der Waals surface area contributed by atoms with E-state index in [1.807, 2.05) is 32.0 Å². The van der Waals surface area contributed by atoms with Gasteiger partial charge in [-0.3, -0.25) is 9.59 Å².